The molecule has 66 valence electrons. The minimum atomic E-state index is 0.428. The van der Waals surface area contributed by atoms with Gasteiger partial charge in [-0.2, -0.15) is 0 Å². The van der Waals surface area contributed by atoms with Crippen LogP contribution in [0.1, 0.15) is 25.6 Å². The summed E-state index contributed by atoms with van der Waals surface area (Å²) in [6, 6.07) is 0. The van der Waals surface area contributed by atoms with Crippen molar-refractivity contribution in [3.8, 4) is 0 Å². The van der Waals surface area contributed by atoms with Crippen LogP contribution in [-0.4, -0.2) is 27.2 Å². The quantitative estimate of drug-likeness (QED) is 0.708. The van der Waals surface area contributed by atoms with Gasteiger partial charge in [-0.05, 0) is 0 Å². The molecule has 0 aromatic carbocycles. The minimum absolute atomic E-state index is 0.428. The summed E-state index contributed by atoms with van der Waals surface area (Å²) >= 11 is 1.75. The summed E-state index contributed by atoms with van der Waals surface area (Å²) in [5.41, 5.74) is 3.26. The van der Waals surface area contributed by atoms with Crippen molar-refractivity contribution < 1.29 is 0 Å². The van der Waals surface area contributed by atoms with E-state index in [9.17, 15) is 0 Å². The van der Waals surface area contributed by atoms with Crippen molar-refractivity contribution in [3.05, 3.63) is 5.82 Å². The third-order valence-electron chi connectivity index (χ3n) is 1.78. The highest BCUT2D eigenvalue weighted by Crippen LogP contribution is 2.21. The van der Waals surface area contributed by atoms with Crippen LogP contribution < -0.4 is 5.43 Å². The summed E-state index contributed by atoms with van der Waals surface area (Å²) in [5.74, 6) is 2.53. The van der Waals surface area contributed by atoms with Crippen LogP contribution in [0.2, 0.25) is 0 Å². The second-order valence-electron chi connectivity index (χ2n) is 3.09. The summed E-state index contributed by atoms with van der Waals surface area (Å²) in [6.07, 6.45) is 0. The summed E-state index contributed by atoms with van der Waals surface area (Å²) < 4.78 is 2.00. The van der Waals surface area contributed by atoms with Crippen LogP contribution in [0.5, 0.6) is 0 Å². The van der Waals surface area contributed by atoms with E-state index >= 15 is 0 Å². The van der Waals surface area contributed by atoms with Gasteiger partial charge in [0.2, 0.25) is 5.16 Å². The maximum absolute atomic E-state index is 4.13. The Labute approximate surface area is 75.7 Å². The van der Waals surface area contributed by atoms with Crippen molar-refractivity contribution in [2.75, 3.05) is 17.7 Å². The minimum Gasteiger partial charge on any atom is -0.321 e. The monoisotopic (exact) mass is 184 g/mol. The predicted octanol–water partition coefficient (Wildman–Crippen LogP) is 1.05. The van der Waals surface area contributed by atoms with Crippen LogP contribution in [0, 0.1) is 0 Å². The van der Waals surface area contributed by atoms with Gasteiger partial charge in [0.25, 0.3) is 0 Å². The Morgan fingerprint density at radius 2 is 2.33 bits per heavy atom. The maximum Gasteiger partial charge on any atom is 0.210 e. The lowest BCUT2D eigenvalue weighted by molar-refractivity contribution is 0.666. The van der Waals surface area contributed by atoms with E-state index in [-0.39, 0.29) is 0 Å². The molecule has 2 heterocycles. The maximum atomic E-state index is 4.13. The van der Waals surface area contributed by atoms with E-state index < -0.39 is 0 Å². The largest absolute Gasteiger partial charge is 0.321 e. The van der Waals surface area contributed by atoms with Crippen LogP contribution in [-0.2, 0) is 0 Å². The van der Waals surface area contributed by atoms with Crippen LogP contribution in [0.3, 0.4) is 0 Å². The molecule has 1 aliphatic heterocycles. The van der Waals surface area contributed by atoms with E-state index in [2.05, 4.69) is 29.5 Å². The van der Waals surface area contributed by atoms with Gasteiger partial charge >= 0.3 is 0 Å². The number of aromatic nitrogens is 3. The summed E-state index contributed by atoms with van der Waals surface area (Å²) in [6.45, 7) is 5.24. The lowest BCUT2D eigenvalue weighted by atomic mass is 10.2. The number of rotatable bonds is 1. The van der Waals surface area contributed by atoms with Crippen LogP contribution in [0.15, 0.2) is 5.16 Å². The molecule has 5 heteroatoms. The van der Waals surface area contributed by atoms with E-state index in [1.807, 2.05) is 4.68 Å². The molecule has 0 spiro atoms. The molecule has 0 fully saturated rings. The first-order valence-electron chi connectivity index (χ1n) is 4.11. The molecule has 1 N–H and O–H groups in total. The highest BCUT2D eigenvalue weighted by atomic mass is 32.2. The van der Waals surface area contributed by atoms with Crippen molar-refractivity contribution in [1.82, 2.24) is 14.9 Å². The van der Waals surface area contributed by atoms with Crippen LogP contribution in [0.25, 0.3) is 0 Å². The molecule has 0 saturated carbocycles. The molecule has 4 nitrogen and oxygen atoms in total. The Hall–Kier alpha value is -0.710. The topological polar surface area (TPSA) is 42.7 Å². The number of hydrogen-bond donors (Lipinski definition) is 1. The van der Waals surface area contributed by atoms with Gasteiger partial charge in [0.1, 0.15) is 0 Å². The smallest absolute Gasteiger partial charge is 0.210 e. The molecule has 0 unspecified atom stereocenters. The average Bonchev–Trinajstić information content (AvgIpc) is 2.47. The fraction of sp³-hybridized carbons (Fsp3) is 0.714. The Morgan fingerprint density at radius 1 is 1.50 bits per heavy atom. The lowest BCUT2D eigenvalue weighted by Crippen LogP contribution is -2.25. The average molecular weight is 184 g/mol. The van der Waals surface area contributed by atoms with Gasteiger partial charge in [-0.1, -0.05) is 25.6 Å². The van der Waals surface area contributed by atoms with Gasteiger partial charge in [0.05, 0.1) is 0 Å². The number of nitrogens with one attached hydrogen (secondary N) is 1. The molecular formula is C7H12N4S. The number of hydrogen-bond acceptors (Lipinski definition) is 4. The second-order valence-corrected chi connectivity index (χ2v) is 4.15. The van der Waals surface area contributed by atoms with Crippen LogP contribution in [0.4, 0.5) is 0 Å². The van der Waals surface area contributed by atoms with Gasteiger partial charge in [0.15, 0.2) is 5.82 Å². The zero-order valence-corrected chi connectivity index (χ0v) is 8.06. The molecular weight excluding hydrogens is 172 g/mol. The van der Waals surface area contributed by atoms with Gasteiger partial charge in [-0.25, -0.2) is 4.68 Å². The molecule has 2 rings (SSSR count). The van der Waals surface area contributed by atoms with Gasteiger partial charge in [-0.3, -0.25) is 0 Å². The summed E-state index contributed by atoms with van der Waals surface area (Å²) in [5, 5.41) is 9.21. The van der Waals surface area contributed by atoms with Crippen molar-refractivity contribution in [2.45, 2.75) is 24.9 Å². The molecule has 0 saturated heterocycles. The van der Waals surface area contributed by atoms with Crippen molar-refractivity contribution >= 4 is 11.8 Å². The van der Waals surface area contributed by atoms with E-state index in [1.54, 1.807) is 11.8 Å². The highest BCUT2D eigenvalue weighted by Gasteiger charge is 2.17. The molecule has 1 aliphatic rings. The van der Waals surface area contributed by atoms with Gasteiger partial charge in [0, 0.05) is 18.2 Å². The van der Waals surface area contributed by atoms with E-state index in [0.29, 0.717) is 5.92 Å². The number of nitrogens with zero attached hydrogens (tertiary/aromatic N) is 3. The van der Waals surface area contributed by atoms with E-state index in [1.165, 1.54) is 0 Å². The summed E-state index contributed by atoms with van der Waals surface area (Å²) in [7, 11) is 0. The van der Waals surface area contributed by atoms with Gasteiger partial charge < -0.3 is 5.43 Å². The molecule has 0 bridgehead atoms. The van der Waals surface area contributed by atoms with Crippen molar-refractivity contribution in [1.29, 1.82) is 0 Å². The molecule has 0 amide bonds. The predicted molar refractivity (Wildman–Crippen MR) is 49.1 cm³/mol. The molecule has 12 heavy (non-hydrogen) atoms. The second kappa shape index (κ2) is 2.97. The summed E-state index contributed by atoms with van der Waals surface area (Å²) in [4.78, 5) is 0. The molecule has 1 aromatic heterocycles. The van der Waals surface area contributed by atoms with Crippen molar-refractivity contribution in [3.63, 3.8) is 0 Å². The fourth-order valence-corrected chi connectivity index (χ4v) is 1.96. The number of fused-ring (bicyclic) bond motifs is 1. The fourth-order valence-electron chi connectivity index (χ4n) is 1.20. The SMILES string of the molecule is CC(C)c1nnc2n1NCCS2. The standard InChI is InChI=1S/C7H12N4S/c1-5(2)6-9-10-7-11(6)8-3-4-12-7/h5,8H,3-4H2,1-2H3. The van der Waals surface area contributed by atoms with E-state index in [0.717, 1.165) is 23.3 Å². The highest BCUT2D eigenvalue weighted by molar-refractivity contribution is 7.99. The van der Waals surface area contributed by atoms with Crippen LogP contribution >= 0.6 is 11.8 Å². The third-order valence-corrected chi connectivity index (χ3v) is 2.71. The Kier molecular flexibility index (Phi) is 1.96. The normalized spacial score (nSPS) is 15.9. The first-order chi connectivity index (χ1) is 5.79. The third kappa shape index (κ3) is 1.18. The molecule has 1 aromatic rings. The molecule has 0 radical (unpaired) electrons. The Bertz CT molecular complexity index is 281. The van der Waals surface area contributed by atoms with E-state index in [4.69, 9.17) is 0 Å². The van der Waals surface area contributed by atoms with Gasteiger partial charge in [-0.15, -0.1) is 10.2 Å². The first-order valence-corrected chi connectivity index (χ1v) is 5.09. The molecule has 0 aliphatic carbocycles. The molecule has 0 atom stereocenters. The van der Waals surface area contributed by atoms with Crippen molar-refractivity contribution in [2.24, 2.45) is 0 Å². The lowest BCUT2D eigenvalue weighted by Gasteiger charge is -2.17. The Balaban J connectivity index is 2.38. The number of thioether (sulfide) groups is 1. The zero-order chi connectivity index (χ0) is 8.55. The Morgan fingerprint density at radius 3 is 3.08 bits per heavy atom. The first kappa shape index (κ1) is 7.91. The zero-order valence-electron chi connectivity index (χ0n) is 7.24.